The lowest BCUT2D eigenvalue weighted by Crippen LogP contribution is -2.09. The minimum atomic E-state index is 0.894. The van der Waals surface area contributed by atoms with Gasteiger partial charge in [-0.2, -0.15) is 0 Å². The van der Waals surface area contributed by atoms with Gasteiger partial charge in [-0.1, -0.05) is 23.8 Å². The van der Waals surface area contributed by atoms with Crippen molar-refractivity contribution in [2.75, 3.05) is 0 Å². The summed E-state index contributed by atoms with van der Waals surface area (Å²) in [6, 6.07) is 0. The Morgan fingerprint density at radius 2 is 2.10 bits per heavy atom. The summed E-state index contributed by atoms with van der Waals surface area (Å²) in [6.07, 6.45) is 11.1. The van der Waals surface area contributed by atoms with Gasteiger partial charge in [-0.25, -0.2) is 0 Å². The fourth-order valence-electron chi connectivity index (χ4n) is 2.18. The predicted molar refractivity (Wildman–Crippen MR) is 43.7 cm³/mol. The molecule has 0 saturated carbocycles. The van der Waals surface area contributed by atoms with E-state index in [0.29, 0.717) is 0 Å². The van der Waals surface area contributed by atoms with Crippen LogP contribution in [0.1, 0.15) is 26.2 Å². The lowest BCUT2D eigenvalue weighted by atomic mass is 9.86. The molecular weight excluding hydrogens is 120 g/mol. The minimum absolute atomic E-state index is 0.894. The van der Waals surface area contributed by atoms with Crippen LogP contribution in [0.2, 0.25) is 0 Å². The fraction of sp³-hybridized carbons (Fsp3) is 0.600. The molecule has 2 aliphatic carbocycles. The fourth-order valence-corrected chi connectivity index (χ4v) is 2.18. The van der Waals surface area contributed by atoms with Crippen molar-refractivity contribution in [3.63, 3.8) is 0 Å². The SMILES string of the molecule is CC1=C[C@H]2CC=CC[C@@H]2C1. The Bertz CT molecular complexity index is 186. The van der Waals surface area contributed by atoms with Gasteiger partial charge in [-0.05, 0) is 38.0 Å². The number of hydrogen-bond acceptors (Lipinski definition) is 0. The highest BCUT2D eigenvalue weighted by atomic mass is 14.3. The Morgan fingerprint density at radius 3 is 2.90 bits per heavy atom. The molecule has 54 valence electrons. The highest BCUT2D eigenvalue weighted by molar-refractivity contribution is 5.15. The smallest absolute Gasteiger partial charge is 0.0162 e. The largest absolute Gasteiger partial charge is 0.0882 e. The molecule has 0 unspecified atom stereocenters. The van der Waals surface area contributed by atoms with Gasteiger partial charge in [0.05, 0.1) is 0 Å². The summed E-state index contributed by atoms with van der Waals surface area (Å²) >= 11 is 0. The highest BCUT2D eigenvalue weighted by Crippen LogP contribution is 2.37. The third kappa shape index (κ3) is 0.920. The Hall–Kier alpha value is -0.520. The summed E-state index contributed by atoms with van der Waals surface area (Å²) in [6.45, 7) is 2.26. The molecule has 0 bridgehead atoms. The summed E-state index contributed by atoms with van der Waals surface area (Å²) in [5.41, 5.74) is 1.61. The molecule has 2 atom stereocenters. The summed E-state index contributed by atoms with van der Waals surface area (Å²) in [5, 5.41) is 0. The molecule has 0 radical (unpaired) electrons. The van der Waals surface area contributed by atoms with E-state index in [9.17, 15) is 0 Å². The van der Waals surface area contributed by atoms with Crippen LogP contribution in [0, 0.1) is 11.8 Å². The van der Waals surface area contributed by atoms with Crippen LogP contribution in [0.3, 0.4) is 0 Å². The van der Waals surface area contributed by atoms with Gasteiger partial charge in [0.2, 0.25) is 0 Å². The van der Waals surface area contributed by atoms with Gasteiger partial charge in [0.15, 0.2) is 0 Å². The third-order valence-corrected chi connectivity index (χ3v) is 2.70. The number of hydrogen-bond donors (Lipinski definition) is 0. The quantitative estimate of drug-likeness (QED) is 0.447. The minimum Gasteiger partial charge on any atom is -0.0882 e. The summed E-state index contributed by atoms with van der Waals surface area (Å²) in [4.78, 5) is 0. The zero-order valence-corrected chi connectivity index (χ0v) is 6.51. The van der Waals surface area contributed by atoms with Crippen LogP contribution >= 0.6 is 0 Å². The maximum absolute atomic E-state index is 2.47. The topological polar surface area (TPSA) is 0 Å². The molecule has 0 amide bonds. The molecule has 0 aromatic heterocycles. The van der Waals surface area contributed by atoms with Crippen molar-refractivity contribution >= 4 is 0 Å². The molecule has 2 aliphatic rings. The first-order valence-corrected chi connectivity index (χ1v) is 4.18. The van der Waals surface area contributed by atoms with Crippen molar-refractivity contribution in [3.8, 4) is 0 Å². The highest BCUT2D eigenvalue weighted by Gasteiger charge is 2.25. The summed E-state index contributed by atoms with van der Waals surface area (Å²) in [5.74, 6) is 1.86. The summed E-state index contributed by atoms with van der Waals surface area (Å²) < 4.78 is 0. The maximum Gasteiger partial charge on any atom is -0.0162 e. The molecule has 0 aromatic rings. The lowest BCUT2D eigenvalue weighted by Gasteiger charge is -2.19. The van der Waals surface area contributed by atoms with Crippen molar-refractivity contribution < 1.29 is 0 Å². The molecule has 0 spiro atoms. The molecule has 0 heteroatoms. The predicted octanol–water partition coefficient (Wildman–Crippen LogP) is 2.92. The van der Waals surface area contributed by atoms with E-state index in [4.69, 9.17) is 0 Å². The average Bonchev–Trinajstić information content (AvgIpc) is 2.27. The van der Waals surface area contributed by atoms with Crippen molar-refractivity contribution in [1.29, 1.82) is 0 Å². The molecular formula is C10H14. The molecule has 0 nitrogen and oxygen atoms in total. The molecule has 2 rings (SSSR count). The van der Waals surface area contributed by atoms with Crippen LogP contribution in [0.5, 0.6) is 0 Å². The van der Waals surface area contributed by atoms with Crippen LogP contribution in [0.15, 0.2) is 23.8 Å². The van der Waals surface area contributed by atoms with Gasteiger partial charge in [0.1, 0.15) is 0 Å². The number of rotatable bonds is 0. The lowest BCUT2D eigenvalue weighted by molar-refractivity contribution is 0.413. The van der Waals surface area contributed by atoms with Crippen molar-refractivity contribution in [2.45, 2.75) is 26.2 Å². The van der Waals surface area contributed by atoms with Gasteiger partial charge in [-0.3, -0.25) is 0 Å². The first-order chi connectivity index (χ1) is 4.86. The van der Waals surface area contributed by atoms with E-state index in [2.05, 4.69) is 25.2 Å². The maximum atomic E-state index is 2.47. The molecule has 0 aliphatic heterocycles. The van der Waals surface area contributed by atoms with Crippen molar-refractivity contribution in [1.82, 2.24) is 0 Å². The molecule has 0 heterocycles. The van der Waals surface area contributed by atoms with E-state index < -0.39 is 0 Å². The van der Waals surface area contributed by atoms with Crippen molar-refractivity contribution in [3.05, 3.63) is 23.8 Å². The first kappa shape index (κ1) is 6.21. The Labute approximate surface area is 62.6 Å². The second-order valence-electron chi connectivity index (χ2n) is 3.58. The monoisotopic (exact) mass is 134 g/mol. The van der Waals surface area contributed by atoms with E-state index in [-0.39, 0.29) is 0 Å². The molecule has 10 heavy (non-hydrogen) atoms. The zero-order chi connectivity index (χ0) is 6.97. The van der Waals surface area contributed by atoms with E-state index in [1.807, 2.05) is 0 Å². The van der Waals surface area contributed by atoms with Gasteiger partial charge in [0.25, 0.3) is 0 Å². The molecule has 0 N–H and O–H groups in total. The summed E-state index contributed by atoms with van der Waals surface area (Å²) in [7, 11) is 0. The number of fused-ring (bicyclic) bond motifs is 1. The third-order valence-electron chi connectivity index (χ3n) is 2.70. The van der Waals surface area contributed by atoms with Crippen LogP contribution in [0.4, 0.5) is 0 Å². The van der Waals surface area contributed by atoms with E-state index in [1.165, 1.54) is 19.3 Å². The number of allylic oxidation sites excluding steroid dienone is 4. The van der Waals surface area contributed by atoms with Gasteiger partial charge in [0, 0.05) is 0 Å². The Kier molecular flexibility index (Phi) is 1.40. The van der Waals surface area contributed by atoms with Gasteiger partial charge >= 0.3 is 0 Å². The standard InChI is InChI=1S/C10H14/c1-8-6-9-4-2-3-5-10(9)7-8/h2-3,6,9-10H,4-5,7H2,1H3/t9-,10-/m1/s1. The molecule has 0 aromatic carbocycles. The average molecular weight is 134 g/mol. The van der Waals surface area contributed by atoms with E-state index in [0.717, 1.165) is 11.8 Å². The second kappa shape index (κ2) is 2.26. The van der Waals surface area contributed by atoms with Crippen LogP contribution in [0.25, 0.3) is 0 Å². The Morgan fingerprint density at radius 1 is 1.30 bits per heavy atom. The molecule has 0 fully saturated rings. The molecule has 0 saturated heterocycles. The first-order valence-electron chi connectivity index (χ1n) is 4.18. The normalized spacial score (nSPS) is 37.5. The Balaban J connectivity index is 2.14. The van der Waals surface area contributed by atoms with Crippen molar-refractivity contribution in [2.24, 2.45) is 11.8 Å². The van der Waals surface area contributed by atoms with Gasteiger partial charge < -0.3 is 0 Å². The van der Waals surface area contributed by atoms with Crippen LogP contribution in [-0.4, -0.2) is 0 Å². The second-order valence-corrected chi connectivity index (χ2v) is 3.58. The van der Waals surface area contributed by atoms with Gasteiger partial charge in [-0.15, -0.1) is 0 Å². The van der Waals surface area contributed by atoms with E-state index in [1.54, 1.807) is 5.57 Å². The van der Waals surface area contributed by atoms with Crippen LogP contribution < -0.4 is 0 Å². The zero-order valence-electron chi connectivity index (χ0n) is 6.51. The van der Waals surface area contributed by atoms with Crippen LogP contribution in [-0.2, 0) is 0 Å². The van der Waals surface area contributed by atoms with E-state index >= 15 is 0 Å².